The summed E-state index contributed by atoms with van der Waals surface area (Å²) in [6.07, 6.45) is 4.99. The Hall–Kier alpha value is -2.66. The van der Waals surface area contributed by atoms with Gasteiger partial charge in [-0.25, -0.2) is 9.97 Å². The molecule has 192 valence electrons. The minimum Gasteiger partial charge on any atom is -0.486 e. The maximum atomic E-state index is 8.30. The molecule has 1 saturated carbocycles. The Morgan fingerprint density at radius 1 is 1.33 bits per heavy atom. The molecular formula is C25H31BrN6O3S. The average Bonchev–Trinajstić information content (AvgIpc) is 3.56. The number of fused-ring (bicyclic) bond motifs is 2. The van der Waals surface area contributed by atoms with Crippen molar-refractivity contribution in [2.24, 2.45) is 5.92 Å². The highest BCUT2D eigenvalue weighted by Gasteiger charge is 2.32. The second kappa shape index (κ2) is 10.0. The van der Waals surface area contributed by atoms with Crippen LogP contribution in [-0.4, -0.2) is 44.4 Å². The number of rotatable bonds is 9. The lowest BCUT2D eigenvalue weighted by atomic mass is 10.1. The summed E-state index contributed by atoms with van der Waals surface area (Å²) in [5.41, 5.74) is 1.21. The van der Waals surface area contributed by atoms with Crippen LogP contribution in [0.25, 0.3) is 11.2 Å². The van der Waals surface area contributed by atoms with E-state index in [1.807, 2.05) is 37.5 Å². The number of nitrogens with zero attached hydrogens (tertiary/aromatic N) is 3. The van der Waals surface area contributed by atoms with E-state index in [1.165, 1.54) is 24.6 Å². The normalized spacial score (nSPS) is 16.1. The Bertz CT molecular complexity index is 1340. The highest BCUT2D eigenvalue weighted by atomic mass is 79.9. The van der Waals surface area contributed by atoms with Gasteiger partial charge in [0.05, 0.1) is 6.33 Å². The van der Waals surface area contributed by atoms with Crippen LogP contribution in [0, 0.1) is 11.3 Å². The minimum absolute atomic E-state index is 0.172. The minimum atomic E-state index is -0.289. The summed E-state index contributed by atoms with van der Waals surface area (Å²) < 4.78 is 20.2. The number of halogens is 1. The number of aromatic nitrogens is 4. The van der Waals surface area contributed by atoms with Crippen molar-refractivity contribution in [2.75, 3.05) is 13.2 Å². The number of aromatic amines is 1. The summed E-state index contributed by atoms with van der Waals surface area (Å²) in [6, 6.07) is 4.13. The second-order valence-electron chi connectivity index (χ2n) is 10.1. The van der Waals surface area contributed by atoms with Gasteiger partial charge in [0.2, 0.25) is 0 Å². The molecule has 0 bridgehead atoms. The van der Waals surface area contributed by atoms with Gasteiger partial charge in [-0.3, -0.25) is 5.41 Å². The maximum absolute atomic E-state index is 8.30. The van der Waals surface area contributed by atoms with E-state index in [-0.39, 0.29) is 17.1 Å². The third kappa shape index (κ3) is 5.83. The standard InChI is InChI=1S/C25H31BrN6O3S/c1-14(35-25(2,3)4)29-17(15-5-6-15)7-8-32-13-28-22(27)21-23(32)31-24(30-21)36-20-12-19-18(11-16(20)26)33-9-10-34-19/h11-13,15,17,27,29H,1,5-10H2,2-4H3,(H,30,31). The summed E-state index contributed by atoms with van der Waals surface area (Å²) in [7, 11) is 0. The third-order valence-corrected chi connectivity index (χ3v) is 7.81. The Morgan fingerprint density at radius 2 is 2.06 bits per heavy atom. The van der Waals surface area contributed by atoms with Crippen molar-refractivity contribution in [3.8, 4) is 11.5 Å². The number of hydrogen-bond donors (Lipinski definition) is 3. The van der Waals surface area contributed by atoms with Crippen LogP contribution in [0.15, 0.2) is 45.4 Å². The molecule has 2 aromatic heterocycles. The fraction of sp³-hybridized carbons (Fsp3) is 0.480. The van der Waals surface area contributed by atoms with E-state index < -0.39 is 0 Å². The van der Waals surface area contributed by atoms with Crippen molar-refractivity contribution in [3.63, 3.8) is 0 Å². The fourth-order valence-electron chi connectivity index (χ4n) is 4.21. The van der Waals surface area contributed by atoms with Gasteiger partial charge >= 0.3 is 0 Å². The molecule has 3 heterocycles. The molecule has 11 heteroatoms. The lowest BCUT2D eigenvalue weighted by Gasteiger charge is -2.27. The zero-order chi connectivity index (χ0) is 25.4. The molecule has 3 aromatic rings. The number of ether oxygens (including phenoxy) is 3. The van der Waals surface area contributed by atoms with Crippen LogP contribution in [-0.2, 0) is 11.3 Å². The van der Waals surface area contributed by atoms with Crippen LogP contribution in [0.1, 0.15) is 40.0 Å². The van der Waals surface area contributed by atoms with E-state index in [0.717, 1.165) is 27.3 Å². The molecule has 0 saturated heterocycles. The quantitative estimate of drug-likeness (QED) is 0.309. The molecule has 1 atom stereocenters. The smallest absolute Gasteiger partial charge is 0.180 e. The summed E-state index contributed by atoms with van der Waals surface area (Å²) in [5.74, 6) is 2.67. The zero-order valence-corrected chi connectivity index (χ0v) is 23.1. The van der Waals surface area contributed by atoms with Crippen LogP contribution in [0.3, 0.4) is 0 Å². The summed E-state index contributed by atoms with van der Waals surface area (Å²) in [4.78, 5) is 13.3. The number of hydrogen-bond acceptors (Lipinski definition) is 8. The molecule has 0 spiro atoms. The first-order chi connectivity index (χ1) is 17.2. The van der Waals surface area contributed by atoms with Gasteiger partial charge in [0.1, 0.15) is 24.3 Å². The van der Waals surface area contributed by atoms with Crippen molar-refractivity contribution >= 4 is 38.9 Å². The zero-order valence-electron chi connectivity index (χ0n) is 20.7. The monoisotopic (exact) mass is 574 g/mol. The fourth-order valence-corrected chi connectivity index (χ4v) is 5.59. The van der Waals surface area contributed by atoms with Gasteiger partial charge in [-0.2, -0.15) is 0 Å². The van der Waals surface area contributed by atoms with Gasteiger partial charge in [0.15, 0.2) is 33.7 Å². The number of aryl methyl sites for hydroxylation is 1. The van der Waals surface area contributed by atoms with Crippen molar-refractivity contribution in [1.82, 2.24) is 24.8 Å². The molecule has 3 N–H and O–H groups in total. The van der Waals surface area contributed by atoms with Gasteiger partial charge in [-0.05, 0) is 80.6 Å². The number of nitrogens with one attached hydrogen (secondary N) is 3. The average molecular weight is 576 g/mol. The van der Waals surface area contributed by atoms with E-state index in [2.05, 4.69) is 37.8 Å². The topological polar surface area (TPSA) is 110 Å². The first-order valence-electron chi connectivity index (χ1n) is 12.1. The summed E-state index contributed by atoms with van der Waals surface area (Å²) >= 11 is 5.10. The molecular weight excluding hydrogens is 544 g/mol. The molecule has 36 heavy (non-hydrogen) atoms. The van der Waals surface area contributed by atoms with Crippen LogP contribution in [0.5, 0.6) is 11.5 Å². The van der Waals surface area contributed by atoms with E-state index >= 15 is 0 Å². The van der Waals surface area contributed by atoms with E-state index in [0.29, 0.717) is 47.9 Å². The molecule has 1 aliphatic carbocycles. The molecule has 1 unspecified atom stereocenters. The predicted octanol–water partition coefficient (Wildman–Crippen LogP) is 4.97. The maximum Gasteiger partial charge on any atom is 0.180 e. The Balaban J connectivity index is 1.33. The van der Waals surface area contributed by atoms with Crippen LogP contribution < -0.4 is 20.3 Å². The predicted molar refractivity (Wildman–Crippen MR) is 141 cm³/mol. The SMILES string of the molecule is C=C(NC(CCn1cnc(=N)c2[nH]c(Sc3cc4c(cc3Br)OCCO4)nc21)C1CC1)OC(C)(C)C. The molecule has 5 rings (SSSR count). The first kappa shape index (κ1) is 25.0. The Labute approximate surface area is 222 Å². The van der Waals surface area contributed by atoms with Crippen LogP contribution in [0.2, 0.25) is 0 Å². The van der Waals surface area contributed by atoms with Gasteiger partial charge < -0.3 is 29.1 Å². The Kier molecular flexibility index (Phi) is 6.95. The van der Waals surface area contributed by atoms with E-state index in [9.17, 15) is 0 Å². The van der Waals surface area contributed by atoms with E-state index in [1.54, 1.807) is 6.33 Å². The molecule has 0 radical (unpaired) electrons. The first-order valence-corrected chi connectivity index (χ1v) is 13.7. The molecule has 9 nitrogen and oxygen atoms in total. The van der Waals surface area contributed by atoms with Crippen molar-refractivity contribution < 1.29 is 14.2 Å². The van der Waals surface area contributed by atoms with Gasteiger partial charge in [-0.15, -0.1) is 0 Å². The third-order valence-electron chi connectivity index (χ3n) is 5.95. The van der Waals surface area contributed by atoms with Gasteiger partial charge in [-0.1, -0.05) is 11.8 Å². The number of benzene rings is 1. The van der Waals surface area contributed by atoms with Gasteiger partial charge in [0.25, 0.3) is 0 Å². The summed E-state index contributed by atoms with van der Waals surface area (Å²) in [5, 5.41) is 12.5. The molecule has 2 aliphatic rings. The Morgan fingerprint density at radius 3 is 2.75 bits per heavy atom. The van der Waals surface area contributed by atoms with E-state index in [4.69, 9.17) is 24.6 Å². The highest BCUT2D eigenvalue weighted by Crippen LogP contribution is 2.41. The molecule has 1 aliphatic heterocycles. The van der Waals surface area contributed by atoms with Crippen LogP contribution in [0.4, 0.5) is 0 Å². The second-order valence-corrected chi connectivity index (χ2v) is 12.0. The highest BCUT2D eigenvalue weighted by molar-refractivity contribution is 9.10. The number of imidazole rings is 1. The van der Waals surface area contributed by atoms with Gasteiger partial charge in [0, 0.05) is 22.0 Å². The molecule has 1 fully saturated rings. The molecule has 1 aromatic carbocycles. The van der Waals surface area contributed by atoms with Crippen LogP contribution >= 0.6 is 27.7 Å². The van der Waals surface area contributed by atoms with Crippen molar-refractivity contribution in [2.45, 2.75) is 68.3 Å². The summed E-state index contributed by atoms with van der Waals surface area (Å²) in [6.45, 7) is 11.9. The largest absolute Gasteiger partial charge is 0.486 e. The molecule has 0 amide bonds. The van der Waals surface area contributed by atoms with Crippen molar-refractivity contribution in [1.29, 1.82) is 5.41 Å². The van der Waals surface area contributed by atoms with Crippen molar-refractivity contribution in [3.05, 3.63) is 40.9 Å². The lowest BCUT2D eigenvalue weighted by molar-refractivity contribution is 0.0370. The lowest BCUT2D eigenvalue weighted by Crippen LogP contribution is -2.35. The number of H-pyrrole nitrogens is 1.